The molecule has 0 atom stereocenters. The molecular weight excluding hydrogens is 192 g/mol. The Bertz CT molecular complexity index is 191. The van der Waals surface area contributed by atoms with Crippen molar-refractivity contribution in [3.63, 3.8) is 0 Å². The van der Waals surface area contributed by atoms with Gasteiger partial charge in [0, 0.05) is 13.6 Å². The smallest absolute Gasteiger partial charge is 0.224 e. The fraction of sp³-hybridized carbons (Fsp3) is 0.909. The first-order valence-corrected chi connectivity index (χ1v) is 5.80. The maximum Gasteiger partial charge on any atom is 0.224 e. The largest absolute Gasteiger partial charge is 0.378 e. The van der Waals surface area contributed by atoms with Gasteiger partial charge in [0.2, 0.25) is 5.91 Å². The van der Waals surface area contributed by atoms with E-state index in [1.54, 1.807) is 4.90 Å². The molecule has 4 nitrogen and oxygen atoms in total. The van der Waals surface area contributed by atoms with Gasteiger partial charge in [-0.05, 0) is 32.9 Å². The Hall–Kier alpha value is -0.610. The minimum Gasteiger partial charge on any atom is -0.378 e. The highest BCUT2D eigenvalue weighted by Gasteiger charge is 2.14. The van der Waals surface area contributed by atoms with Gasteiger partial charge in [-0.15, -0.1) is 0 Å². The van der Waals surface area contributed by atoms with E-state index in [1.807, 2.05) is 14.0 Å². The second-order valence-electron chi connectivity index (χ2n) is 3.98. The van der Waals surface area contributed by atoms with E-state index in [-0.39, 0.29) is 5.91 Å². The van der Waals surface area contributed by atoms with Gasteiger partial charge in [0.25, 0.3) is 0 Å². The normalized spacial score (nSPS) is 17.7. The van der Waals surface area contributed by atoms with Crippen LogP contribution in [0.3, 0.4) is 0 Å². The summed E-state index contributed by atoms with van der Waals surface area (Å²) in [5.41, 5.74) is 0. The van der Waals surface area contributed by atoms with Crippen LogP contribution in [0.25, 0.3) is 0 Å². The van der Waals surface area contributed by atoms with Crippen molar-refractivity contribution in [3.8, 4) is 0 Å². The third kappa shape index (κ3) is 4.62. The molecule has 0 saturated carbocycles. The molecule has 0 unspecified atom stereocenters. The van der Waals surface area contributed by atoms with Gasteiger partial charge in [-0.3, -0.25) is 4.79 Å². The molecule has 0 radical (unpaired) electrons. The molecule has 1 aliphatic rings. The topological polar surface area (TPSA) is 41.6 Å². The van der Waals surface area contributed by atoms with Crippen LogP contribution in [0, 0.1) is 0 Å². The summed E-state index contributed by atoms with van der Waals surface area (Å²) in [4.78, 5) is 13.2. The van der Waals surface area contributed by atoms with E-state index in [9.17, 15) is 4.79 Å². The van der Waals surface area contributed by atoms with Crippen LogP contribution in [0.1, 0.15) is 26.2 Å². The average Bonchev–Trinajstić information content (AvgIpc) is 2.29. The van der Waals surface area contributed by atoms with Crippen LogP contribution in [0.2, 0.25) is 0 Å². The molecule has 88 valence electrons. The molecule has 1 heterocycles. The molecule has 0 spiro atoms. The SMILES string of the molecule is CCN(C)C(=O)CCOC1CCNCC1. The lowest BCUT2D eigenvalue weighted by Gasteiger charge is -2.23. The van der Waals surface area contributed by atoms with Gasteiger partial charge >= 0.3 is 0 Å². The molecule has 0 aromatic heterocycles. The minimum atomic E-state index is 0.173. The van der Waals surface area contributed by atoms with Gasteiger partial charge in [0.05, 0.1) is 19.1 Å². The molecule has 1 amide bonds. The van der Waals surface area contributed by atoms with E-state index >= 15 is 0 Å². The molecule has 15 heavy (non-hydrogen) atoms. The molecule has 1 N–H and O–H groups in total. The number of amides is 1. The number of rotatable bonds is 5. The second kappa shape index (κ2) is 6.80. The summed E-state index contributed by atoms with van der Waals surface area (Å²) in [6.45, 7) is 5.38. The number of carbonyl (C=O) groups is 1. The summed E-state index contributed by atoms with van der Waals surface area (Å²) >= 11 is 0. The lowest BCUT2D eigenvalue weighted by Crippen LogP contribution is -2.33. The Balaban J connectivity index is 2.07. The summed E-state index contributed by atoms with van der Waals surface area (Å²) in [5, 5.41) is 3.29. The van der Waals surface area contributed by atoms with Gasteiger partial charge in [0.15, 0.2) is 0 Å². The Kier molecular flexibility index (Phi) is 5.65. The number of carbonyl (C=O) groups excluding carboxylic acids is 1. The minimum absolute atomic E-state index is 0.173. The van der Waals surface area contributed by atoms with Crippen molar-refractivity contribution in [3.05, 3.63) is 0 Å². The Morgan fingerprint density at radius 2 is 2.13 bits per heavy atom. The molecule has 1 saturated heterocycles. The van der Waals surface area contributed by atoms with Crippen LogP contribution < -0.4 is 5.32 Å². The zero-order valence-electron chi connectivity index (χ0n) is 9.79. The van der Waals surface area contributed by atoms with Crippen molar-refractivity contribution < 1.29 is 9.53 Å². The first kappa shape index (κ1) is 12.5. The zero-order valence-corrected chi connectivity index (χ0v) is 9.79. The fourth-order valence-electron chi connectivity index (χ4n) is 1.64. The summed E-state index contributed by atoms with van der Waals surface area (Å²) in [7, 11) is 1.83. The van der Waals surface area contributed by atoms with Crippen molar-refractivity contribution in [1.82, 2.24) is 10.2 Å². The molecule has 0 aromatic carbocycles. The van der Waals surface area contributed by atoms with Gasteiger partial charge in [-0.1, -0.05) is 0 Å². The maximum absolute atomic E-state index is 11.4. The van der Waals surface area contributed by atoms with Crippen molar-refractivity contribution in [1.29, 1.82) is 0 Å². The van der Waals surface area contributed by atoms with Crippen LogP contribution in [-0.2, 0) is 9.53 Å². The quantitative estimate of drug-likeness (QED) is 0.729. The molecule has 1 fully saturated rings. The maximum atomic E-state index is 11.4. The Labute approximate surface area is 92.0 Å². The number of piperidine rings is 1. The number of nitrogens with one attached hydrogen (secondary N) is 1. The van der Waals surface area contributed by atoms with Crippen molar-refractivity contribution >= 4 is 5.91 Å². The number of hydrogen-bond donors (Lipinski definition) is 1. The molecular formula is C11H22N2O2. The van der Waals surface area contributed by atoms with Crippen molar-refractivity contribution in [2.24, 2.45) is 0 Å². The average molecular weight is 214 g/mol. The standard InChI is InChI=1S/C11H22N2O2/c1-3-13(2)11(14)6-9-15-10-4-7-12-8-5-10/h10,12H,3-9H2,1-2H3. The predicted octanol–water partition coefficient (Wildman–Crippen LogP) is 0.623. The first-order valence-electron chi connectivity index (χ1n) is 5.80. The number of nitrogens with zero attached hydrogens (tertiary/aromatic N) is 1. The van der Waals surface area contributed by atoms with Gasteiger partial charge in [-0.25, -0.2) is 0 Å². The van der Waals surface area contributed by atoms with Gasteiger partial charge in [-0.2, -0.15) is 0 Å². The van der Waals surface area contributed by atoms with Crippen LogP contribution in [0.5, 0.6) is 0 Å². The highest BCUT2D eigenvalue weighted by molar-refractivity contribution is 5.75. The van der Waals surface area contributed by atoms with E-state index in [0.29, 0.717) is 19.1 Å². The third-order valence-corrected chi connectivity index (χ3v) is 2.86. The zero-order chi connectivity index (χ0) is 11.1. The Morgan fingerprint density at radius 1 is 1.47 bits per heavy atom. The summed E-state index contributed by atoms with van der Waals surface area (Å²) in [5.74, 6) is 0.173. The van der Waals surface area contributed by atoms with E-state index in [2.05, 4.69) is 5.32 Å². The van der Waals surface area contributed by atoms with Crippen LogP contribution in [0.4, 0.5) is 0 Å². The lowest BCUT2D eigenvalue weighted by molar-refractivity contribution is -0.131. The van der Waals surface area contributed by atoms with E-state index in [1.165, 1.54) is 0 Å². The predicted molar refractivity (Wildman–Crippen MR) is 59.8 cm³/mol. The third-order valence-electron chi connectivity index (χ3n) is 2.86. The van der Waals surface area contributed by atoms with E-state index in [0.717, 1.165) is 32.5 Å². The summed E-state index contributed by atoms with van der Waals surface area (Å²) < 4.78 is 5.66. The number of hydrogen-bond acceptors (Lipinski definition) is 3. The van der Waals surface area contributed by atoms with E-state index in [4.69, 9.17) is 4.74 Å². The van der Waals surface area contributed by atoms with Gasteiger partial charge < -0.3 is 15.0 Å². The molecule has 0 bridgehead atoms. The van der Waals surface area contributed by atoms with Crippen LogP contribution in [0.15, 0.2) is 0 Å². The lowest BCUT2D eigenvalue weighted by atomic mass is 10.1. The fourth-order valence-corrected chi connectivity index (χ4v) is 1.64. The molecule has 4 heteroatoms. The second-order valence-corrected chi connectivity index (χ2v) is 3.98. The summed E-state index contributed by atoms with van der Waals surface area (Å²) in [6.07, 6.45) is 3.00. The monoisotopic (exact) mass is 214 g/mol. The molecule has 1 rings (SSSR count). The highest BCUT2D eigenvalue weighted by Crippen LogP contribution is 2.07. The van der Waals surface area contributed by atoms with Crippen LogP contribution >= 0.6 is 0 Å². The molecule has 0 aromatic rings. The highest BCUT2D eigenvalue weighted by atomic mass is 16.5. The molecule has 1 aliphatic heterocycles. The summed E-state index contributed by atoms with van der Waals surface area (Å²) in [6, 6.07) is 0. The molecule has 0 aliphatic carbocycles. The van der Waals surface area contributed by atoms with Crippen molar-refractivity contribution in [2.45, 2.75) is 32.3 Å². The Morgan fingerprint density at radius 3 is 2.73 bits per heavy atom. The number of ether oxygens (including phenoxy) is 1. The van der Waals surface area contributed by atoms with E-state index < -0.39 is 0 Å². The van der Waals surface area contributed by atoms with Crippen LogP contribution in [-0.4, -0.2) is 50.2 Å². The first-order chi connectivity index (χ1) is 7.24. The van der Waals surface area contributed by atoms with Gasteiger partial charge in [0.1, 0.15) is 0 Å². The van der Waals surface area contributed by atoms with Crippen molar-refractivity contribution in [2.75, 3.05) is 33.3 Å².